The van der Waals surface area contributed by atoms with Gasteiger partial charge in [0.2, 0.25) is 11.8 Å². The fraction of sp³-hybridized carbons (Fsp3) is 0.471. The highest BCUT2D eigenvalue weighted by Crippen LogP contribution is 2.24. The maximum absolute atomic E-state index is 12.1. The van der Waals surface area contributed by atoms with Gasteiger partial charge in [-0.15, -0.1) is 0 Å². The number of hydrogen-bond acceptors (Lipinski definition) is 6. The van der Waals surface area contributed by atoms with Gasteiger partial charge in [0.05, 0.1) is 19.8 Å². The molecular weight excluding hydrogens is 342 g/mol. The van der Waals surface area contributed by atoms with E-state index >= 15 is 0 Å². The Morgan fingerprint density at radius 1 is 1.44 bits per heavy atom. The number of amidine groups is 1. The van der Waals surface area contributed by atoms with Gasteiger partial charge in [0, 0.05) is 18.7 Å². The zero-order valence-corrected chi connectivity index (χ0v) is 14.8. The van der Waals surface area contributed by atoms with Crippen molar-refractivity contribution in [1.82, 2.24) is 5.32 Å². The third-order valence-corrected chi connectivity index (χ3v) is 5.10. The molecule has 0 unspecified atom stereocenters. The average molecular weight is 363 g/mol. The quantitative estimate of drug-likeness (QED) is 0.804. The third kappa shape index (κ3) is 4.96. The lowest BCUT2D eigenvalue weighted by Gasteiger charge is -2.08. The lowest BCUT2D eigenvalue weighted by atomic mass is 10.2. The Hall–Kier alpha value is -2.06. The maximum atomic E-state index is 12.1. The van der Waals surface area contributed by atoms with Gasteiger partial charge in [-0.25, -0.2) is 0 Å². The molecule has 0 spiro atoms. The molecule has 3 rings (SSSR count). The SMILES string of the molecule is COc1ccc(NC(=O)C[C@H]2SC(=NC[C@H]3CCCO3)NC2=O)cc1. The van der Waals surface area contributed by atoms with E-state index in [2.05, 4.69) is 15.6 Å². The number of thioether (sulfide) groups is 1. The summed E-state index contributed by atoms with van der Waals surface area (Å²) >= 11 is 1.30. The van der Waals surface area contributed by atoms with Gasteiger partial charge in [-0.2, -0.15) is 0 Å². The second kappa shape index (κ2) is 8.35. The average Bonchev–Trinajstić information content (AvgIpc) is 3.24. The smallest absolute Gasteiger partial charge is 0.240 e. The molecule has 2 aliphatic heterocycles. The highest BCUT2D eigenvalue weighted by molar-refractivity contribution is 8.15. The molecule has 0 saturated carbocycles. The van der Waals surface area contributed by atoms with Crippen LogP contribution < -0.4 is 15.4 Å². The van der Waals surface area contributed by atoms with Crippen LogP contribution in [0.5, 0.6) is 5.75 Å². The molecule has 1 aromatic carbocycles. The van der Waals surface area contributed by atoms with Crippen LogP contribution in [-0.2, 0) is 14.3 Å². The first kappa shape index (κ1) is 17.8. The Morgan fingerprint density at radius 3 is 2.92 bits per heavy atom. The second-order valence-corrected chi connectivity index (χ2v) is 7.05. The number of rotatable bonds is 6. The molecule has 2 saturated heterocycles. The minimum Gasteiger partial charge on any atom is -0.497 e. The normalized spacial score (nSPS) is 24.4. The predicted octanol–water partition coefficient (Wildman–Crippen LogP) is 1.79. The topological polar surface area (TPSA) is 89.0 Å². The van der Waals surface area contributed by atoms with Crippen LogP contribution in [0.3, 0.4) is 0 Å². The first-order chi connectivity index (χ1) is 12.1. The van der Waals surface area contributed by atoms with Crippen molar-refractivity contribution in [2.75, 3.05) is 25.6 Å². The second-order valence-electron chi connectivity index (χ2n) is 5.86. The Labute approximate surface area is 150 Å². The van der Waals surface area contributed by atoms with E-state index in [9.17, 15) is 9.59 Å². The molecule has 1 aromatic rings. The number of nitrogens with zero attached hydrogens (tertiary/aromatic N) is 1. The van der Waals surface area contributed by atoms with Crippen LogP contribution >= 0.6 is 11.8 Å². The molecule has 8 heteroatoms. The lowest BCUT2D eigenvalue weighted by Crippen LogP contribution is -2.28. The van der Waals surface area contributed by atoms with Gasteiger partial charge in [0.15, 0.2) is 5.17 Å². The predicted molar refractivity (Wildman–Crippen MR) is 97.0 cm³/mol. The van der Waals surface area contributed by atoms with Gasteiger partial charge in [-0.05, 0) is 37.1 Å². The molecule has 0 radical (unpaired) electrons. The Morgan fingerprint density at radius 2 is 2.24 bits per heavy atom. The van der Waals surface area contributed by atoms with Gasteiger partial charge >= 0.3 is 0 Å². The van der Waals surface area contributed by atoms with E-state index < -0.39 is 5.25 Å². The molecule has 2 atom stereocenters. The number of anilines is 1. The molecule has 2 amide bonds. The molecule has 7 nitrogen and oxygen atoms in total. The summed E-state index contributed by atoms with van der Waals surface area (Å²) in [6, 6.07) is 7.05. The number of hydrogen-bond donors (Lipinski definition) is 2. The number of benzene rings is 1. The molecule has 134 valence electrons. The van der Waals surface area contributed by atoms with Crippen molar-refractivity contribution in [3.8, 4) is 5.75 Å². The monoisotopic (exact) mass is 363 g/mol. The standard InChI is InChI=1S/C17H21N3O4S/c1-23-12-6-4-11(5-7-12)19-15(21)9-14-16(22)20-17(25-14)18-10-13-3-2-8-24-13/h4-7,13-14H,2-3,8-10H2,1H3,(H,19,21)(H,18,20,22)/t13-,14-/m1/s1. The van der Waals surface area contributed by atoms with Gasteiger partial charge in [0.1, 0.15) is 11.0 Å². The molecule has 2 N–H and O–H groups in total. The maximum Gasteiger partial charge on any atom is 0.240 e. The number of aliphatic imine (C=N–C) groups is 1. The van der Waals surface area contributed by atoms with Crippen LogP contribution in [0.1, 0.15) is 19.3 Å². The first-order valence-electron chi connectivity index (χ1n) is 8.21. The van der Waals surface area contributed by atoms with Crippen molar-refractivity contribution >= 4 is 34.4 Å². The Balaban J connectivity index is 1.48. The number of methoxy groups -OCH3 is 1. The molecule has 25 heavy (non-hydrogen) atoms. The molecular formula is C17H21N3O4S. The van der Waals surface area contributed by atoms with Crippen molar-refractivity contribution in [1.29, 1.82) is 0 Å². The summed E-state index contributed by atoms with van der Waals surface area (Å²) in [7, 11) is 1.58. The fourth-order valence-electron chi connectivity index (χ4n) is 2.64. The van der Waals surface area contributed by atoms with Crippen LogP contribution in [0.15, 0.2) is 29.3 Å². The van der Waals surface area contributed by atoms with Crippen molar-refractivity contribution < 1.29 is 19.1 Å². The molecule has 2 heterocycles. The van der Waals surface area contributed by atoms with Crippen molar-refractivity contribution in [2.24, 2.45) is 4.99 Å². The van der Waals surface area contributed by atoms with E-state index in [1.54, 1.807) is 31.4 Å². The molecule has 0 aliphatic carbocycles. The number of amides is 2. The van der Waals surface area contributed by atoms with E-state index in [0.717, 1.165) is 25.2 Å². The highest BCUT2D eigenvalue weighted by Gasteiger charge is 2.32. The van der Waals surface area contributed by atoms with E-state index in [1.807, 2.05) is 0 Å². The summed E-state index contributed by atoms with van der Waals surface area (Å²) < 4.78 is 10.6. The van der Waals surface area contributed by atoms with Gasteiger partial charge in [0.25, 0.3) is 0 Å². The van der Waals surface area contributed by atoms with Gasteiger partial charge < -0.3 is 20.1 Å². The van der Waals surface area contributed by atoms with Crippen molar-refractivity contribution in [3.05, 3.63) is 24.3 Å². The zero-order chi connectivity index (χ0) is 17.6. The largest absolute Gasteiger partial charge is 0.497 e. The molecule has 0 aromatic heterocycles. The zero-order valence-electron chi connectivity index (χ0n) is 14.0. The van der Waals surface area contributed by atoms with Crippen molar-refractivity contribution in [3.63, 3.8) is 0 Å². The number of carbonyl (C=O) groups is 2. The minimum atomic E-state index is -0.457. The summed E-state index contributed by atoms with van der Waals surface area (Å²) in [5.41, 5.74) is 0.668. The fourth-order valence-corrected chi connectivity index (χ4v) is 3.62. The van der Waals surface area contributed by atoms with Crippen LogP contribution in [0.2, 0.25) is 0 Å². The van der Waals surface area contributed by atoms with E-state index in [-0.39, 0.29) is 24.3 Å². The number of ether oxygens (including phenoxy) is 2. The Kier molecular flexibility index (Phi) is 5.93. The number of carbonyl (C=O) groups excluding carboxylic acids is 2. The van der Waals surface area contributed by atoms with Crippen molar-refractivity contribution in [2.45, 2.75) is 30.6 Å². The minimum absolute atomic E-state index is 0.0987. The molecule has 2 aliphatic rings. The molecule has 0 bridgehead atoms. The third-order valence-electron chi connectivity index (χ3n) is 3.98. The van der Waals surface area contributed by atoms with Crippen LogP contribution in [0.25, 0.3) is 0 Å². The van der Waals surface area contributed by atoms with E-state index in [0.29, 0.717) is 17.4 Å². The molecule has 2 fully saturated rings. The summed E-state index contributed by atoms with van der Waals surface area (Å²) in [6.45, 7) is 1.33. The van der Waals surface area contributed by atoms with Crippen LogP contribution in [0.4, 0.5) is 5.69 Å². The summed E-state index contributed by atoms with van der Waals surface area (Å²) in [5.74, 6) is 0.329. The van der Waals surface area contributed by atoms with Gasteiger partial charge in [-0.3, -0.25) is 14.6 Å². The summed E-state index contributed by atoms with van der Waals surface area (Å²) in [5, 5.41) is 5.63. The van der Waals surface area contributed by atoms with Gasteiger partial charge in [-0.1, -0.05) is 11.8 Å². The van der Waals surface area contributed by atoms with Crippen LogP contribution in [0, 0.1) is 0 Å². The Bertz CT molecular complexity index is 656. The van der Waals surface area contributed by atoms with Crippen LogP contribution in [-0.4, -0.2) is 48.6 Å². The van der Waals surface area contributed by atoms with E-state index in [1.165, 1.54) is 11.8 Å². The summed E-state index contributed by atoms with van der Waals surface area (Å²) in [4.78, 5) is 28.6. The summed E-state index contributed by atoms with van der Waals surface area (Å²) in [6.07, 6.45) is 2.30. The van der Waals surface area contributed by atoms with E-state index in [4.69, 9.17) is 9.47 Å². The number of nitrogens with one attached hydrogen (secondary N) is 2. The highest BCUT2D eigenvalue weighted by atomic mass is 32.2. The lowest BCUT2D eigenvalue weighted by molar-refractivity contribution is -0.122. The first-order valence-corrected chi connectivity index (χ1v) is 9.09.